The van der Waals surface area contributed by atoms with Crippen molar-refractivity contribution >= 4 is 10.0 Å². The topological polar surface area (TPSA) is 63.2 Å². The summed E-state index contributed by atoms with van der Waals surface area (Å²) >= 11 is 0. The zero-order valence-electron chi connectivity index (χ0n) is 13.7. The van der Waals surface area contributed by atoms with Crippen LogP contribution in [0, 0.1) is 12.7 Å². The van der Waals surface area contributed by atoms with Crippen LogP contribution >= 0.6 is 0 Å². The van der Waals surface area contributed by atoms with Gasteiger partial charge in [0.05, 0.1) is 11.9 Å². The molecule has 2 aromatic rings. The van der Waals surface area contributed by atoms with Crippen molar-refractivity contribution in [1.82, 2.24) is 14.3 Å². The Morgan fingerprint density at radius 1 is 1.21 bits per heavy atom. The van der Waals surface area contributed by atoms with Crippen LogP contribution < -0.4 is 0 Å². The van der Waals surface area contributed by atoms with Crippen molar-refractivity contribution in [2.75, 3.05) is 19.3 Å². The summed E-state index contributed by atoms with van der Waals surface area (Å²) in [6, 6.07) is 8.03. The first-order chi connectivity index (χ1) is 11.3. The standard InChI is InChI=1S/C17H20FN3O2S/c1-12-10-16(13-5-7-15(18)8-6-13)20-17(19-12)14-4-3-9-21(11-14)24(2,22)23/h5-8,10,14H,3-4,9,11H2,1-2H3. The number of hydrogen-bond acceptors (Lipinski definition) is 4. The van der Waals surface area contributed by atoms with Crippen LogP contribution in [-0.4, -0.2) is 42.0 Å². The summed E-state index contributed by atoms with van der Waals surface area (Å²) in [6.07, 6.45) is 2.88. The van der Waals surface area contributed by atoms with Gasteiger partial charge in [0.2, 0.25) is 10.0 Å². The van der Waals surface area contributed by atoms with Crippen LogP contribution in [-0.2, 0) is 10.0 Å². The third-order valence-corrected chi connectivity index (χ3v) is 5.50. The summed E-state index contributed by atoms with van der Waals surface area (Å²) in [4.78, 5) is 9.13. The molecule has 1 unspecified atom stereocenters. The zero-order valence-corrected chi connectivity index (χ0v) is 14.6. The molecule has 2 heterocycles. The first-order valence-corrected chi connectivity index (χ1v) is 9.74. The number of sulfonamides is 1. The van der Waals surface area contributed by atoms with Gasteiger partial charge in [-0.25, -0.2) is 27.1 Å². The lowest BCUT2D eigenvalue weighted by atomic mass is 9.98. The van der Waals surface area contributed by atoms with Gasteiger partial charge in [-0.05, 0) is 50.1 Å². The Hall–Kier alpha value is -1.86. The fraction of sp³-hybridized carbons (Fsp3) is 0.412. The normalized spacial score (nSPS) is 19.4. The molecule has 1 aromatic heterocycles. The molecule has 128 valence electrons. The summed E-state index contributed by atoms with van der Waals surface area (Å²) in [5.74, 6) is 0.344. The van der Waals surface area contributed by atoms with Crippen molar-refractivity contribution in [3.8, 4) is 11.3 Å². The van der Waals surface area contributed by atoms with Crippen molar-refractivity contribution in [2.24, 2.45) is 0 Å². The van der Waals surface area contributed by atoms with Crippen LogP contribution in [0.1, 0.15) is 30.3 Å². The number of piperidine rings is 1. The van der Waals surface area contributed by atoms with Gasteiger partial charge in [-0.3, -0.25) is 0 Å². The van der Waals surface area contributed by atoms with Gasteiger partial charge in [0.15, 0.2) is 0 Å². The van der Waals surface area contributed by atoms with E-state index in [0.29, 0.717) is 18.9 Å². The Morgan fingerprint density at radius 3 is 2.58 bits per heavy atom. The van der Waals surface area contributed by atoms with Gasteiger partial charge in [-0.15, -0.1) is 0 Å². The maximum absolute atomic E-state index is 13.1. The highest BCUT2D eigenvalue weighted by Crippen LogP contribution is 2.28. The number of halogens is 1. The Kier molecular flexibility index (Phi) is 4.64. The molecule has 1 aliphatic rings. The molecule has 1 aliphatic heterocycles. The Morgan fingerprint density at radius 2 is 1.92 bits per heavy atom. The third kappa shape index (κ3) is 3.79. The van der Waals surface area contributed by atoms with E-state index >= 15 is 0 Å². The van der Waals surface area contributed by atoms with Crippen LogP contribution in [0.15, 0.2) is 30.3 Å². The van der Waals surface area contributed by atoms with Crippen LogP contribution in [0.5, 0.6) is 0 Å². The molecule has 0 radical (unpaired) electrons. The fourth-order valence-electron chi connectivity index (χ4n) is 3.00. The Bertz CT molecular complexity index is 837. The molecule has 1 aromatic carbocycles. The van der Waals surface area contributed by atoms with Gasteiger partial charge in [0, 0.05) is 30.3 Å². The van der Waals surface area contributed by atoms with E-state index in [9.17, 15) is 12.8 Å². The predicted molar refractivity (Wildman–Crippen MR) is 90.6 cm³/mol. The number of aryl methyl sites for hydroxylation is 1. The molecule has 0 bridgehead atoms. The minimum absolute atomic E-state index is 0.0208. The molecule has 1 atom stereocenters. The minimum Gasteiger partial charge on any atom is -0.238 e. The van der Waals surface area contributed by atoms with E-state index in [1.807, 2.05) is 13.0 Å². The number of aromatic nitrogens is 2. The maximum Gasteiger partial charge on any atom is 0.211 e. The summed E-state index contributed by atoms with van der Waals surface area (Å²) < 4.78 is 38.2. The van der Waals surface area contributed by atoms with Crippen molar-refractivity contribution in [2.45, 2.75) is 25.7 Å². The smallest absolute Gasteiger partial charge is 0.211 e. The van der Waals surface area contributed by atoms with Gasteiger partial charge in [0.1, 0.15) is 11.6 Å². The molecular weight excluding hydrogens is 329 g/mol. The average molecular weight is 349 g/mol. The zero-order chi connectivity index (χ0) is 17.3. The van der Waals surface area contributed by atoms with Crippen LogP contribution in [0.2, 0.25) is 0 Å². The van der Waals surface area contributed by atoms with Gasteiger partial charge < -0.3 is 0 Å². The quantitative estimate of drug-likeness (QED) is 0.855. The van der Waals surface area contributed by atoms with Crippen molar-refractivity contribution in [3.05, 3.63) is 47.7 Å². The first kappa shape index (κ1) is 17.0. The second kappa shape index (κ2) is 6.57. The maximum atomic E-state index is 13.1. The van der Waals surface area contributed by atoms with E-state index in [-0.39, 0.29) is 11.7 Å². The second-order valence-electron chi connectivity index (χ2n) is 6.22. The van der Waals surface area contributed by atoms with E-state index in [4.69, 9.17) is 0 Å². The van der Waals surface area contributed by atoms with Crippen LogP contribution in [0.3, 0.4) is 0 Å². The SMILES string of the molecule is Cc1cc(-c2ccc(F)cc2)nc(C2CCCN(S(C)(=O)=O)C2)n1. The van der Waals surface area contributed by atoms with Gasteiger partial charge >= 0.3 is 0 Å². The average Bonchev–Trinajstić information content (AvgIpc) is 2.54. The van der Waals surface area contributed by atoms with Gasteiger partial charge in [-0.2, -0.15) is 0 Å². The van der Waals surface area contributed by atoms with Crippen molar-refractivity contribution < 1.29 is 12.8 Å². The highest BCUT2D eigenvalue weighted by molar-refractivity contribution is 7.88. The van der Waals surface area contributed by atoms with E-state index in [0.717, 1.165) is 29.8 Å². The van der Waals surface area contributed by atoms with Crippen molar-refractivity contribution in [3.63, 3.8) is 0 Å². The lowest BCUT2D eigenvalue weighted by Gasteiger charge is -2.30. The fourth-order valence-corrected chi connectivity index (χ4v) is 3.91. The molecule has 0 amide bonds. The molecule has 0 spiro atoms. The van der Waals surface area contributed by atoms with E-state index in [1.54, 1.807) is 12.1 Å². The van der Waals surface area contributed by atoms with Gasteiger partial charge in [-0.1, -0.05) is 0 Å². The molecule has 1 saturated heterocycles. The van der Waals surface area contributed by atoms with Crippen molar-refractivity contribution in [1.29, 1.82) is 0 Å². The van der Waals surface area contributed by atoms with E-state index in [2.05, 4.69) is 9.97 Å². The predicted octanol–water partition coefficient (Wildman–Crippen LogP) is 2.73. The highest BCUT2D eigenvalue weighted by atomic mass is 32.2. The highest BCUT2D eigenvalue weighted by Gasteiger charge is 2.28. The first-order valence-electron chi connectivity index (χ1n) is 7.89. The number of benzene rings is 1. The Labute approximate surface area is 141 Å². The van der Waals surface area contributed by atoms with Gasteiger partial charge in [0.25, 0.3) is 0 Å². The summed E-state index contributed by atoms with van der Waals surface area (Å²) in [5, 5.41) is 0. The molecule has 1 fully saturated rings. The molecule has 24 heavy (non-hydrogen) atoms. The second-order valence-corrected chi connectivity index (χ2v) is 8.20. The molecule has 0 N–H and O–H groups in total. The molecule has 3 rings (SSSR count). The molecule has 7 heteroatoms. The van der Waals surface area contributed by atoms with E-state index < -0.39 is 10.0 Å². The largest absolute Gasteiger partial charge is 0.238 e. The lowest BCUT2D eigenvalue weighted by molar-refractivity contribution is 0.311. The monoisotopic (exact) mass is 349 g/mol. The summed E-state index contributed by atoms with van der Waals surface area (Å²) in [5.41, 5.74) is 2.36. The molecule has 5 nitrogen and oxygen atoms in total. The lowest BCUT2D eigenvalue weighted by Crippen LogP contribution is -2.38. The number of hydrogen-bond donors (Lipinski definition) is 0. The van der Waals surface area contributed by atoms with Crippen LogP contribution in [0.25, 0.3) is 11.3 Å². The number of rotatable bonds is 3. The van der Waals surface area contributed by atoms with Crippen LogP contribution in [0.4, 0.5) is 4.39 Å². The molecule has 0 aliphatic carbocycles. The minimum atomic E-state index is -3.21. The molecular formula is C17H20FN3O2S. The molecule has 0 saturated carbocycles. The number of nitrogens with zero attached hydrogens (tertiary/aromatic N) is 3. The Balaban J connectivity index is 1.92. The third-order valence-electron chi connectivity index (χ3n) is 4.23. The summed E-state index contributed by atoms with van der Waals surface area (Å²) in [7, 11) is -3.21. The van der Waals surface area contributed by atoms with E-state index in [1.165, 1.54) is 22.7 Å². The summed E-state index contributed by atoms with van der Waals surface area (Å²) in [6.45, 7) is 2.84.